The number of phosphoric acid groups is 1. The van der Waals surface area contributed by atoms with E-state index in [1.165, 1.54) is 10.9 Å². The minimum Gasteiger partial charge on any atom is -0.756 e. The Labute approximate surface area is 292 Å². The maximum atomic E-state index is 12.7. The average molecular weight is 721 g/mol. The molecular formula is C33H41N10O7P. The Kier molecular flexibility index (Phi) is 9.92. The fourth-order valence-electron chi connectivity index (χ4n) is 6.72. The van der Waals surface area contributed by atoms with Gasteiger partial charge in [0.05, 0.1) is 6.61 Å². The maximum Gasteiger partial charge on any atom is 0.268 e. The highest BCUT2D eigenvalue weighted by Crippen LogP contribution is 2.50. The van der Waals surface area contributed by atoms with Crippen LogP contribution < -0.4 is 37.3 Å². The maximum absolute atomic E-state index is 12.7. The summed E-state index contributed by atoms with van der Waals surface area (Å²) in [6, 6.07) is 13.8. The molecule has 9 N–H and O–H groups in total. The van der Waals surface area contributed by atoms with Gasteiger partial charge in [-0.2, -0.15) is 4.57 Å². The summed E-state index contributed by atoms with van der Waals surface area (Å²) in [7, 11) is -4.55. The molecule has 2 fully saturated rings. The van der Waals surface area contributed by atoms with Gasteiger partial charge in [0.25, 0.3) is 7.82 Å². The van der Waals surface area contributed by atoms with E-state index in [-0.39, 0.29) is 18.3 Å². The number of benzene rings is 2. The number of anilines is 4. The number of phosphoric ester groups is 1. The summed E-state index contributed by atoms with van der Waals surface area (Å²) in [5, 5.41) is 19.4. The van der Waals surface area contributed by atoms with Crippen molar-refractivity contribution < 1.29 is 37.7 Å². The number of fused-ring (bicyclic) bond motifs is 4. The first-order chi connectivity index (χ1) is 24.6. The number of unbranched alkanes of at least 4 members (excludes halogenated alkanes) is 3. The number of rotatable bonds is 13. The van der Waals surface area contributed by atoms with E-state index in [0.717, 1.165) is 47.5 Å². The van der Waals surface area contributed by atoms with Crippen LogP contribution in [0.1, 0.15) is 44.8 Å². The Morgan fingerprint density at radius 3 is 2.43 bits per heavy atom. The number of pyridine rings is 1. The molecule has 1 amide bonds. The standard InChI is InChI=1S/C33H41N10O7P/c34-21-9-7-19-14-20-8-10-22(35)16-24(20)42(23(19)15-21)13-5-6-26(44)37-11-3-1-2-4-12-38-33-41-27-30(36)39-18-40-31(27)43(33)32-28(45)29-25(49-32)17-48-51(46,47)50-29/h7-10,14-16,18,25,28-29,32,45H,1-6,11-13,17H2,(H8,34,35,36,37,38,39,40,41,44,46,47)/t25-,28-,29-,32-/m1/s1. The zero-order valence-corrected chi connectivity index (χ0v) is 28.7. The second-order valence-electron chi connectivity index (χ2n) is 12.8. The number of hydrogen-bond donors (Lipinski definition) is 6. The van der Waals surface area contributed by atoms with Crippen molar-refractivity contribution in [2.24, 2.45) is 0 Å². The molecule has 17 nitrogen and oxygen atoms in total. The number of ether oxygens (including phenoxy) is 1. The van der Waals surface area contributed by atoms with Gasteiger partial charge in [-0.1, -0.05) is 12.8 Å². The van der Waals surface area contributed by atoms with Crippen molar-refractivity contribution in [2.75, 3.05) is 42.2 Å². The Bertz CT molecular complexity index is 2070. The SMILES string of the molecule is Nc1ccc2cc3ccc(N)cc3[n+](CCCC(=O)NCCCCCCNc3nc4c(N)ncnc4n3[C@@H]3O[C@@H]4COP(=O)([O-])O[C@H]4[C@H]3O)c2c1. The molecule has 3 aromatic heterocycles. The second kappa shape index (κ2) is 14.5. The van der Waals surface area contributed by atoms with E-state index < -0.39 is 32.4 Å². The largest absolute Gasteiger partial charge is 0.756 e. The zero-order valence-electron chi connectivity index (χ0n) is 27.8. The number of aryl methyl sites for hydroxylation is 1. The number of aliphatic hydroxyl groups is 1. The van der Waals surface area contributed by atoms with Crippen LogP contribution in [-0.4, -0.2) is 68.5 Å². The minimum absolute atomic E-state index is 0.00769. The van der Waals surface area contributed by atoms with E-state index >= 15 is 0 Å². The lowest BCUT2D eigenvalue weighted by atomic mass is 10.1. The van der Waals surface area contributed by atoms with E-state index in [1.807, 2.05) is 36.4 Å². The molecule has 0 bridgehead atoms. The van der Waals surface area contributed by atoms with E-state index in [9.17, 15) is 19.4 Å². The van der Waals surface area contributed by atoms with Crippen LogP contribution in [0.5, 0.6) is 0 Å². The summed E-state index contributed by atoms with van der Waals surface area (Å²) in [6.07, 6.45) is 1.38. The van der Waals surface area contributed by atoms with E-state index in [4.69, 9.17) is 31.0 Å². The summed E-state index contributed by atoms with van der Waals surface area (Å²) in [6.45, 7) is 1.48. The molecule has 51 heavy (non-hydrogen) atoms. The molecule has 0 saturated carbocycles. The van der Waals surface area contributed by atoms with Gasteiger partial charge in [0, 0.05) is 60.2 Å². The van der Waals surface area contributed by atoms with Crippen molar-refractivity contribution in [3.63, 3.8) is 0 Å². The number of amides is 1. The van der Waals surface area contributed by atoms with Crippen LogP contribution in [0.25, 0.3) is 33.0 Å². The molecule has 5 aromatic rings. The third-order valence-electron chi connectivity index (χ3n) is 9.21. The Hall–Kier alpha value is -4.64. The molecule has 18 heteroatoms. The van der Waals surface area contributed by atoms with Crippen LogP contribution in [0.2, 0.25) is 0 Å². The number of carbonyl (C=O) groups excluding carboxylic acids is 1. The summed E-state index contributed by atoms with van der Waals surface area (Å²) in [5.74, 6) is 0.488. The predicted molar refractivity (Wildman–Crippen MR) is 188 cm³/mol. The third-order valence-corrected chi connectivity index (χ3v) is 10.2. The van der Waals surface area contributed by atoms with Crippen LogP contribution in [0.4, 0.5) is 23.1 Å². The first-order valence-corrected chi connectivity index (χ1v) is 18.4. The molecule has 5 heterocycles. The number of imidazole rings is 1. The lowest BCUT2D eigenvalue weighted by molar-refractivity contribution is -0.645. The Morgan fingerprint density at radius 2 is 1.71 bits per heavy atom. The first kappa shape index (κ1) is 34.8. The molecular weight excluding hydrogens is 679 g/mol. The molecule has 7 rings (SSSR count). The van der Waals surface area contributed by atoms with Gasteiger partial charge in [-0.25, -0.2) is 15.0 Å². The molecule has 2 saturated heterocycles. The summed E-state index contributed by atoms with van der Waals surface area (Å²) in [4.78, 5) is 37.4. The molecule has 5 atom stereocenters. The van der Waals surface area contributed by atoms with Crippen LogP contribution >= 0.6 is 7.82 Å². The molecule has 2 aliphatic rings. The van der Waals surface area contributed by atoms with Gasteiger partial charge in [-0.3, -0.25) is 13.9 Å². The number of nitrogens with two attached hydrogens (primary N) is 3. The predicted octanol–water partition coefficient (Wildman–Crippen LogP) is 1.88. The normalized spacial score (nSPS) is 23.2. The molecule has 2 aliphatic heterocycles. The smallest absolute Gasteiger partial charge is 0.268 e. The molecule has 0 aliphatic carbocycles. The molecule has 270 valence electrons. The van der Waals surface area contributed by atoms with Gasteiger partial charge in [-0.15, -0.1) is 0 Å². The topological polar surface area (TPSA) is 255 Å². The highest BCUT2D eigenvalue weighted by atomic mass is 31.2. The summed E-state index contributed by atoms with van der Waals surface area (Å²) < 4.78 is 31.3. The number of aromatic nitrogens is 5. The van der Waals surface area contributed by atoms with Crippen molar-refractivity contribution in [1.82, 2.24) is 24.8 Å². The number of hydrogen-bond acceptors (Lipinski definition) is 14. The van der Waals surface area contributed by atoms with Crippen molar-refractivity contribution in [3.8, 4) is 0 Å². The van der Waals surface area contributed by atoms with Crippen LogP contribution in [0.3, 0.4) is 0 Å². The molecule has 0 spiro atoms. The highest BCUT2D eigenvalue weighted by molar-refractivity contribution is 7.45. The van der Waals surface area contributed by atoms with Gasteiger partial charge >= 0.3 is 0 Å². The summed E-state index contributed by atoms with van der Waals surface area (Å²) >= 11 is 0. The zero-order chi connectivity index (χ0) is 35.7. The van der Waals surface area contributed by atoms with Gasteiger partial charge in [0.2, 0.25) is 22.9 Å². The minimum atomic E-state index is -4.55. The number of nitrogen functional groups attached to an aromatic ring is 3. The van der Waals surface area contributed by atoms with E-state index in [0.29, 0.717) is 61.0 Å². The van der Waals surface area contributed by atoms with Gasteiger partial charge in [0.15, 0.2) is 23.2 Å². The average Bonchev–Trinajstić information content (AvgIpc) is 3.62. The van der Waals surface area contributed by atoms with Gasteiger partial charge in [-0.05, 0) is 43.2 Å². The van der Waals surface area contributed by atoms with E-state index in [2.05, 4.69) is 36.2 Å². The Balaban J connectivity index is 0.870. The fraction of sp³-hybridized carbons (Fsp3) is 0.424. The van der Waals surface area contributed by atoms with E-state index in [1.54, 1.807) is 0 Å². The lowest BCUT2D eigenvalue weighted by Gasteiger charge is -2.34. The van der Waals surface area contributed by atoms with Crippen molar-refractivity contribution in [1.29, 1.82) is 0 Å². The van der Waals surface area contributed by atoms with Gasteiger partial charge < -0.3 is 51.6 Å². The van der Waals surface area contributed by atoms with Gasteiger partial charge in [0.1, 0.15) is 31.2 Å². The van der Waals surface area contributed by atoms with Crippen LogP contribution in [0, 0.1) is 0 Å². The highest BCUT2D eigenvalue weighted by Gasteiger charge is 2.51. The monoisotopic (exact) mass is 720 g/mol. The molecule has 2 aromatic carbocycles. The summed E-state index contributed by atoms with van der Waals surface area (Å²) in [5.41, 5.74) is 22.2. The second-order valence-corrected chi connectivity index (χ2v) is 14.2. The van der Waals surface area contributed by atoms with Crippen molar-refractivity contribution >= 4 is 69.8 Å². The molecule has 1 unspecified atom stereocenters. The number of nitrogens with zero attached hydrogens (tertiary/aromatic N) is 5. The van der Waals surface area contributed by atoms with Crippen LogP contribution in [0.15, 0.2) is 48.8 Å². The Morgan fingerprint density at radius 1 is 1.00 bits per heavy atom. The van der Waals surface area contributed by atoms with Crippen molar-refractivity contribution in [2.45, 2.75) is 69.6 Å². The number of nitrogens with one attached hydrogen (secondary N) is 2. The molecule has 0 radical (unpaired) electrons. The third kappa shape index (κ3) is 7.40. The fourth-order valence-corrected chi connectivity index (χ4v) is 7.67. The quantitative estimate of drug-likeness (QED) is 0.0334. The number of aliphatic hydroxyl groups excluding tert-OH is 1. The lowest BCUT2D eigenvalue weighted by Crippen LogP contribution is -2.41. The van der Waals surface area contributed by atoms with Crippen molar-refractivity contribution in [3.05, 3.63) is 48.8 Å². The van der Waals surface area contributed by atoms with Crippen LogP contribution in [-0.2, 0) is 29.7 Å². The first-order valence-electron chi connectivity index (χ1n) is 17.0. The number of carbonyl (C=O) groups is 1.